The Morgan fingerprint density at radius 3 is 2.16 bits per heavy atom. The van der Waals surface area contributed by atoms with Crippen LogP contribution in [0.2, 0.25) is 0 Å². The number of rotatable bonds is 5. The number of nitro benzene ring substituents is 1. The van der Waals surface area contributed by atoms with Gasteiger partial charge in [-0.1, -0.05) is 0 Å². The van der Waals surface area contributed by atoms with Crippen molar-refractivity contribution in [3.05, 3.63) is 52.6 Å². The Balaban J connectivity index is 0.00000363. The molecule has 0 atom stereocenters. The summed E-state index contributed by atoms with van der Waals surface area (Å²) in [7, 11) is -9.96. The fourth-order valence-electron chi connectivity index (χ4n) is 2.68. The van der Waals surface area contributed by atoms with Crippen molar-refractivity contribution < 1.29 is 40.3 Å². The molecule has 0 radical (unpaired) electrons. The van der Waals surface area contributed by atoms with E-state index in [1.54, 1.807) is 0 Å². The number of azo groups is 1. The molecular weight excluding hydrogens is 456 g/mol. The summed E-state index contributed by atoms with van der Waals surface area (Å²) in [5.41, 5.74) is 4.41. The number of non-ortho nitro benzene ring substituents is 1. The van der Waals surface area contributed by atoms with E-state index in [0.29, 0.717) is 0 Å². The number of nitrogens with two attached hydrogens (primary N) is 1. The summed E-state index contributed by atoms with van der Waals surface area (Å²) in [6.45, 7) is 0. The molecule has 0 aliphatic rings. The lowest BCUT2D eigenvalue weighted by atomic mass is 10.1. The lowest BCUT2D eigenvalue weighted by Crippen LogP contribution is -2.03. The molecule has 0 amide bonds. The molecule has 168 valence electrons. The molecule has 31 heavy (non-hydrogen) atoms. The van der Waals surface area contributed by atoms with Crippen LogP contribution in [-0.4, -0.2) is 36.0 Å². The van der Waals surface area contributed by atoms with Gasteiger partial charge in [-0.25, -0.2) is 8.42 Å². The molecule has 15 heteroatoms. The van der Waals surface area contributed by atoms with Crippen molar-refractivity contribution in [1.82, 2.24) is 0 Å². The van der Waals surface area contributed by atoms with Crippen LogP contribution in [0.1, 0.15) is 4.28 Å². The second kappa shape index (κ2) is 7.55. The lowest BCUT2D eigenvalue weighted by Gasteiger charge is -2.15. The average Bonchev–Trinajstić information content (AvgIpc) is 2.65. The van der Waals surface area contributed by atoms with E-state index in [2.05, 4.69) is 10.2 Å². The molecule has 3 aromatic rings. The maximum atomic E-state index is 11.7. The molecule has 0 unspecified atom stereocenters. The van der Waals surface area contributed by atoms with E-state index in [-0.39, 0.29) is 32.1 Å². The number of hydrogen-bond acceptors (Lipinski definition) is 11. The van der Waals surface area contributed by atoms with E-state index in [0.717, 1.165) is 30.3 Å². The molecule has 0 heterocycles. The highest BCUT2D eigenvalue weighted by atomic mass is 32.2. The molecule has 0 spiro atoms. The zero-order chi connectivity index (χ0) is 23.1. The Bertz CT molecular complexity index is 1480. The predicted octanol–water partition coefficient (Wildman–Crippen LogP) is 3.34. The molecule has 0 saturated heterocycles. The van der Waals surface area contributed by atoms with Gasteiger partial charge in [0.2, 0.25) is 0 Å². The van der Waals surface area contributed by atoms with Crippen molar-refractivity contribution in [2.24, 2.45) is 10.2 Å². The fraction of sp³-hybridized carbons (Fsp3) is 0. The molecular formula is C16H17N4O9S2-. The van der Waals surface area contributed by atoms with Crippen LogP contribution >= 0.6 is 0 Å². The quantitative estimate of drug-likeness (QED) is 0.161. The second-order valence-corrected chi connectivity index (χ2v) is 8.85. The van der Waals surface area contributed by atoms with Crippen molar-refractivity contribution in [2.75, 3.05) is 5.73 Å². The molecule has 0 aliphatic heterocycles. The van der Waals surface area contributed by atoms with Gasteiger partial charge in [-0.05, 0) is 35.7 Å². The van der Waals surface area contributed by atoms with Crippen molar-refractivity contribution in [2.45, 2.75) is 9.79 Å². The minimum absolute atomic E-state index is 0. The van der Waals surface area contributed by atoms with Gasteiger partial charge in [-0.2, -0.15) is 13.5 Å². The molecule has 0 bridgehead atoms. The van der Waals surface area contributed by atoms with Gasteiger partial charge in [0, 0.05) is 27.5 Å². The summed E-state index contributed by atoms with van der Waals surface area (Å²) >= 11 is 0. The smallest absolute Gasteiger partial charge is 0.294 e. The van der Waals surface area contributed by atoms with Crippen LogP contribution in [-0.2, 0) is 20.2 Å². The third-order valence-electron chi connectivity index (χ3n) is 4.05. The summed E-state index contributed by atoms with van der Waals surface area (Å²) in [6.07, 6.45) is 0. The van der Waals surface area contributed by atoms with Gasteiger partial charge in [-0.15, -0.1) is 5.11 Å². The second-order valence-electron chi connectivity index (χ2n) is 6.09. The maximum Gasteiger partial charge on any atom is 0.294 e. The van der Waals surface area contributed by atoms with Crippen LogP contribution in [0.25, 0.3) is 10.8 Å². The van der Waals surface area contributed by atoms with Crippen LogP contribution in [0.15, 0.2) is 62.5 Å². The maximum absolute atomic E-state index is 11.7. The van der Waals surface area contributed by atoms with Crippen LogP contribution in [0, 0.1) is 10.1 Å². The first-order valence-corrected chi connectivity index (χ1v) is 10.8. The number of hydrogen-bond donors (Lipinski definition) is 3. The number of aromatic hydroxyl groups is 1. The number of fused-ring (bicyclic) bond motifs is 1. The minimum atomic E-state index is -5.24. The van der Waals surface area contributed by atoms with Gasteiger partial charge in [0.1, 0.15) is 15.8 Å². The van der Waals surface area contributed by atoms with Crippen molar-refractivity contribution in [3.63, 3.8) is 0 Å². The third-order valence-corrected chi connectivity index (χ3v) is 5.73. The standard InChI is InChI=1S/C16H12N4O9S2.3H2/c17-12-7-11(30(24,25)26)5-8-6-13(31(27,28)29)15(16(21)14(8)12)19-18-9-1-3-10(4-2-9)20(22)23;;;/h1-7,21H,17H2,(H,24,25,26)(H,27,28,29);3*1H/p-1. The monoisotopic (exact) mass is 473 g/mol. The van der Waals surface area contributed by atoms with E-state index in [1.165, 1.54) is 12.1 Å². The first-order chi connectivity index (χ1) is 14.3. The molecule has 0 fully saturated rings. The SMILES string of the molecule is Nc1cc(S(=O)(=O)O)cc2cc(S(=O)(=O)[O-])c(N=Nc3ccc([N+](=O)[O-])cc3)c(O)c12.[HH].[HH].[HH]. The van der Waals surface area contributed by atoms with Crippen LogP contribution in [0.5, 0.6) is 5.75 Å². The summed E-state index contributed by atoms with van der Waals surface area (Å²) in [5.74, 6) is -0.878. The molecule has 3 aromatic carbocycles. The molecule has 0 aromatic heterocycles. The van der Waals surface area contributed by atoms with E-state index in [9.17, 15) is 41.2 Å². The molecule has 13 nitrogen and oxygen atoms in total. The lowest BCUT2D eigenvalue weighted by molar-refractivity contribution is -0.384. The summed E-state index contributed by atoms with van der Waals surface area (Å²) in [5, 5.41) is 28.0. The minimum Gasteiger partial charge on any atom is -0.744 e. The Morgan fingerprint density at radius 1 is 1.03 bits per heavy atom. The van der Waals surface area contributed by atoms with E-state index in [1.807, 2.05) is 0 Å². The van der Waals surface area contributed by atoms with Gasteiger partial charge < -0.3 is 15.4 Å². The van der Waals surface area contributed by atoms with Gasteiger partial charge in [0.25, 0.3) is 15.8 Å². The number of benzene rings is 3. The third kappa shape index (κ3) is 4.43. The highest BCUT2D eigenvalue weighted by Gasteiger charge is 2.21. The number of nitrogens with zero attached hydrogens (tertiary/aromatic N) is 3. The highest BCUT2D eigenvalue weighted by Crippen LogP contribution is 2.44. The van der Waals surface area contributed by atoms with Gasteiger partial charge in [-0.3, -0.25) is 14.7 Å². The molecule has 0 aliphatic carbocycles. The topological polar surface area (TPSA) is 226 Å². The first kappa shape index (κ1) is 22.0. The zero-order valence-electron chi connectivity index (χ0n) is 15.0. The van der Waals surface area contributed by atoms with Crippen LogP contribution in [0.3, 0.4) is 0 Å². The fourth-order valence-corrected chi connectivity index (χ4v) is 3.87. The normalized spacial score (nSPS) is 12.5. The number of phenolic OH excluding ortho intramolecular Hbond substituents is 1. The Morgan fingerprint density at radius 2 is 1.65 bits per heavy atom. The largest absolute Gasteiger partial charge is 0.744 e. The van der Waals surface area contributed by atoms with E-state index in [4.69, 9.17) is 5.73 Å². The molecule has 4 N–H and O–H groups in total. The van der Waals surface area contributed by atoms with E-state index >= 15 is 0 Å². The highest BCUT2D eigenvalue weighted by molar-refractivity contribution is 7.86. The van der Waals surface area contributed by atoms with Gasteiger partial charge in [0.05, 0.1) is 20.4 Å². The predicted molar refractivity (Wildman–Crippen MR) is 111 cm³/mol. The number of anilines is 1. The number of phenols is 1. The average molecular weight is 473 g/mol. The number of nitro groups is 1. The first-order valence-electron chi connectivity index (χ1n) is 7.98. The molecule has 0 saturated carbocycles. The van der Waals surface area contributed by atoms with Crippen molar-refractivity contribution in [3.8, 4) is 5.75 Å². The number of nitrogen functional groups attached to an aromatic ring is 1. The van der Waals surface area contributed by atoms with Crippen LogP contribution in [0.4, 0.5) is 22.7 Å². The van der Waals surface area contributed by atoms with Crippen molar-refractivity contribution >= 4 is 53.8 Å². The summed E-state index contributed by atoms with van der Waals surface area (Å²) < 4.78 is 67.0. The Kier molecular flexibility index (Phi) is 5.36. The molecule has 3 rings (SSSR count). The Hall–Kier alpha value is -3.66. The summed E-state index contributed by atoms with van der Waals surface area (Å²) in [4.78, 5) is 8.31. The van der Waals surface area contributed by atoms with Crippen molar-refractivity contribution in [1.29, 1.82) is 0 Å². The van der Waals surface area contributed by atoms with Crippen LogP contribution < -0.4 is 5.73 Å². The zero-order valence-corrected chi connectivity index (χ0v) is 16.7. The van der Waals surface area contributed by atoms with Gasteiger partial charge in [0.15, 0.2) is 5.75 Å². The summed E-state index contributed by atoms with van der Waals surface area (Å²) in [6, 6.07) is 6.96. The van der Waals surface area contributed by atoms with Gasteiger partial charge >= 0.3 is 0 Å². The van der Waals surface area contributed by atoms with E-state index < -0.39 is 46.4 Å². The Labute approximate surface area is 178 Å².